The van der Waals surface area contributed by atoms with E-state index in [1.807, 2.05) is 4.72 Å². The fourth-order valence-corrected chi connectivity index (χ4v) is 6.01. The van der Waals surface area contributed by atoms with Gasteiger partial charge in [-0.15, -0.1) is 0 Å². The Kier molecular flexibility index (Phi) is 7.76. The number of hydrogen-bond acceptors (Lipinski definition) is 4. The number of carbonyl (C=O) groups is 1. The van der Waals surface area contributed by atoms with Gasteiger partial charge in [0.25, 0.3) is 10.0 Å². The molecule has 0 aliphatic rings. The van der Waals surface area contributed by atoms with E-state index in [9.17, 15) is 26.4 Å². The summed E-state index contributed by atoms with van der Waals surface area (Å²) in [5.41, 5.74) is 2.13. The molecule has 0 radical (unpaired) electrons. The number of hydrogen-bond donors (Lipinski definition) is 2. The molecule has 0 fully saturated rings. The quantitative estimate of drug-likeness (QED) is 0.234. The second kappa shape index (κ2) is 11.4. The van der Waals surface area contributed by atoms with Crippen LogP contribution in [-0.4, -0.2) is 26.0 Å². The highest BCUT2D eigenvalue weighted by Gasteiger charge is 2.25. The van der Waals surface area contributed by atoms with Crippen molar-refractivity contribution in [1.29, 1.82) is 0 Å². The van der Waals surface area contributed by atoms with Crippen LogP contribution in [0.15, 0.2) is 102 Å². The van der Waals surface area contributed by atoms with Gasteiger partial charge in [0.05, 0.1) is 10.6 Å². The first-order valence-corrected chi connectivity index (χ1v) is 14.1. The molecule has 10 heteroatoms. The number of amides is 2. The Hall–Kier alpha value is -4.70. The van der Waals surface area contributed by atoms with Crippen LogP contribution < -0.4 is 10.0 Å². The molecule has 6 nitrogen and oxygen atoms in total. The van der Waals surface area contributed by atoms with Gasteiger partial charge in [0, 0.05) is 35.7 Å². The number of carbonyl (C=O) groups excluding carboxylic acids is 1. The number of nitrogens with one attached hydrogen (secondary N) is 2. The predicted octanol–water partition coefficient (Wildman–Crippen LogP) is 6.45. The van der Waals surface area contributed by atoms with Gasteiger partial charge < -0.3 is 5.32 Å². The number of aryl methyl sites for hydroxylation is 1. The lowest BCUT2D eigenvalue weighted by atomic mass is 9.88. The topological polar surface area (TPSA) is 88.2 Å². The van der Waals surface area contributed by atoms with Crippen molar-refractivity contribution in [2.24, 2.45) is 0 Å². The summed E-state index contributed by atoms with van der Waals surface area (Å²) in [6.07, 6.45) is 1.50. The third kappa shape index (κ3) is 5.92. The molecule has 0 saturated heterocycles. The van der Waals surface area contributed by atoms with Crippen molar-refractivity contribution >= 4 is 26.8 Å². The van der Waals surface area contributed by atoms with Gasteiger partial charge in [-0.25, -0.2) is 31.1 Å². The summed E-state index contributed by atoms with van der Waals surface area (Å²) in [5.74, 6) is -2.98. The Morgan fingerprint density at radius 1 is 0.829 bits per heavy atom. The highest BCUT2D eigenvalue weighted by molar-refractivity contribution is 7.90. The highest BCUT2D eigenvalue weighted by Crippen LogP contribution is 2.36. The molecule has 1 unspecified atom stereocenters. The van der Waals surface area contributed by atoms with Crippen molar-refractivity contribution in [1.82, 2.24) is 15.0 Å². The van der Waals surface area contributed by atoms with Crippen LogP contribution in [0.5, 0.6) is 0 Å². The molecule has 208 valence electrons. The summed E-state index contributed by atoms with van der Waals surface area (Å²) in [4.78, 5) is 17.2. The van der Waals surface area contributed by atoms with Crippen molar-refractivity contribution in [3.8, 4) is 11.1 Å². The average Bonchev–Trinajstić information content (AvgIpc) is 2.93. The smallest absolute Gasteiger partial charge is 0.328 e. The second-order valence-electron chi connectivity index (χ2n) is 9.41. The van der Waals surface area contributed by atoms with Crippen LogP contribution in [0.2, 0.25) is 0 Å². The van der Waals surface area contributed by atoms with Crippen LogP contribution >= 0.6 is 0 Å². The zero-order valence-electron chi connectivity index (χ0n) is 21.7. The average molecular weight is 576 g/mol. The molecule has 1 atom stereocenters. The van der Waals surface area contributed by atoms with Crippen LogP contribution in [0.3, 0.4) is 0 Å². The summed E-state index contributed by atoms with van der Waals surface area (Å²) in [6.45, 7) is 1.34. The van der Waals surface area contributed by atoms with Gasteiger partial charge in [0.1, 0.15) is 17.5 Å². The first-order chi connectivity index (χ1) is 19.6. The first-order valence-electron chi connectivity index (χ1n) is 12.6. The monoisotopic (exact) mass is 575 g/mol. The Morgan fingerprint density at radius 2 is 1.51 bits per heavy atom. The van der Waals surface area contributed by atoms with Gasteiger partial charge in [-0.3, -0.25) is 4.98 Å². The van der Waals surface area contributed by atoms with Gasteiger partial charge in [0.15, 0.2) is 0 Å². The van der Waals surface area contributed by atoms with Crippen LogP contribution in [0, 0.1) is 24.4 Å². The van der Waals surface area contributed by atoms with Gasteiger partial charge in [0.2, 0.25) is 0 Å². The molecule has 2 amide bonds. The number of sulfonamides is 1. The molecule has 5 rings (SSSR count). The molecule has 1 aromatic heterocycles. The molecule has 0 aliphatic heterocycles. The number of benzene rings is 4. The van der Waals surface area contributed by atoms with E-state index in [-0.39, 0.29) is 17.0 Å². The molecule has 0 bridgehead atoms. The van der Waals surface area contributed by atoms with Crippen molar-refractivity contribution in [2.45, 2.75) is 17.7 Å². The van der Waals surface area contributed by atoms with E-state index in [2.05, 4.69) is 10.3 Å². The lowest BCUT2D eigenvalue weighted by Crippen LogP contribution is -2.41. The molecule has 0 saturated carbocycles. The predicted molar refractivity (Wildman–Crippen MR) is 150 cm³/mol. The number of nitrogens with zero attached hydrogens (tertiary/aromatic N) is 1. The van der Waals surface area contributed by atoms with E-state index < -0.39 is 39.4 Å². The fourth-order valence-electron chi connectivity index (χ4n) is 4.83. The Balaban J connectivity index is 1.54. The maximum atomic E-state index is 14.6. The molecule has 0 aliphatic carbocycles. The molecule has 4 aromatic carbocycles. The lowest BCUT2D eigenvalue weighted by Gasteiger charge is -2.22. The number of fused-ring (bicyclic) bond motifs is 1. The summed E-state index contributed by atoms with van der Waals surface area (Å²) < 4.78 is 70.9. The Bertz CT molecular complexity index is 1860. The number of urea groups is 1. The van der Waals surface area contributed by atoms with E-state index in [1.165, 1.54) is 24.4 Å². The Labute approximate surface area is 234 Å². The summed E-state index contributed by atoms with van der Waals surface area (Å²) >= 11 is 0. The zero-order valence-corrected chi connectivity index (χ0v) is 22.6. The fraction of sp³-hybridized carbons (Fsp3) is 0.0968. The molecule has 41 heavy (non-hydrogen) atoms. The third-order valence-electron chi connectivity index (χ3n) is 6.69. The molecule has 5 aromatic rings. The summed E-state index contributed by atoms with van der Waals surface area (Å²) in [6, 6.07) is 21.3. The largest absolute Gasteiger partial charge is 0.336 e. The number of rotatable bonds is 7. The molecule has 0 spiro atoms. The van der Waals surface area contributed by atoms with E-state index in [0.717, 1.165) is 18.2 Å². The number of pyridine rings is 1. The van der Waals surface area contributed by atoms with Crippen molar-refractivity contribution in [3.63, 3.8) is 0 Å². The van der Waals surface area contributed by atoms with Crippen molar-refractivity contribution < 1.29 is 26.4 Å². The zero-order chi connectivity index (χ0) is 29.1. The maximum Gasteiger partial charge on any atom is 0.328 e. The standard InChI is InChI=1S/C31H24F3N3O3S/c1-19-7-2-5-11-29(19)41(39,40)37-31(38)36-18-27(20-15-21(32)17-22(33)16-20)30-26(10-6-14-35-30)24-12-13-28(34)25-9-4-3-8-23(24)25/h2-17,27H,18H2,1H3,(H2,36,37,38). The van der Waals surface area contributed by atoms with Gasteiger partial charge in [-0.1, -0.05) is 54.6 Å². The van der Waals surface area contributed by atoms with Crippen molar-refractivity contribution in [2.75, 3.05) is 6.54 Å². The van der Waals surface area contributed by atoms with E-state index in [0.29, 0.717) is 33.2 Å². The van der Waals surface area contributed by atoms with Crippen LogP contribution in [-0.2, 0) is 10.0 Å². The Morgan fingerprint density at radius 3 is 2.24 bits per heavy atom. The van der Waals surface area contributed by atoms with E-state index in [1.54, 1.807) is 61.5 Å². The highest BCUT2D eigenvalue weighted by atomic mass is 32.2. The third-order valence-corrected chi connectivity index (χ3v) is 8.19. The van der Waals surface area contributed by atoms with Crippen LogP contribution in [0.25, 0.3) is 21.9 Å². The minimum atomic E-state index is -4.19. The van der Waals surface area contributed by atoms with E-state index >= 15 is 0 Å². The van der Waals surface area contributed by atoms with Crippen LogP contribution in [0.1, 0.15) is 22.7 Å². The lowest BCUT2D eigenvalue weighted by molar-refractivity contribution is 0.245. The van der Waals surface area contributed by atoms with Crippen LogP contribution in [0.4, 0.5) is 18.0 Å². The number of aromatic nitrogens is 1. The minimum Gasteiger partial charge on any atom is -0.336 e. The van der Waals surface area contributed by atoms with Crippen molar-refractivity contribution in [3.05, 3.63) is 131 Å². The molecular weight excluding hydrogens is 551 g/mol. The minimum absolute atomic E-state index is 0.0610. The van der Waals surface area contributed by atoms with Gasteiger partial charge in [-0.05, 0) is 59.3 Å². The van der Waals surface area contributed by atoms with E-state index in [4.69, 9.17) is 0 Å². The summed E-state index contributed by atoms with van der Waals surface area (Å²) in [7, 11) is -4.19. The molecular formula is C31H24F3N3O3S. The number of halogens is 3. The first kappa shape index (κ1) is 27.9. The normalized spacial score (nSPS) is 12.2. The molecule has 2 N–H and O–H groups in total. The van der Waals surface area contributed by atoms with Gasteiger partial charge >= 0.3 is 6.03 Å². The second-order valence-corrected chi connectivity index (χ2v) is 11.1. The summed E-state index contributed by atoms with van der Waals surface area (Å²) in [5, 5.41) is 3.49. The van der Waals surface area contributed by atoms with Gasteiger partial charge in [-0.2, -0.15) is 0 Å². The maximum absolute atomic E-state index is 14.6. The molecule has 1 heterocycles. The SMILES string of the molecule is Cc1ccccc1S(=O)(=O)NC(=O)NCC(c1cc(F)cc(F)c1)c1ncccc1-c1ccc(F)c2ccccc12.